The number of aromatic nitrogens is 2. The number of nitrogens with one attached hydrogen (secondary N) is 2. The Bertz CT molecular complexity index is 1130. The van der Waals surface area contributed by atoms with Gasteiger partial charge < -0.3 is 10.2 Å². The van der Waals surface area contributed by atoms with Crippen LogP contribution < -0.4 is 10.9 Å². The topological polar surface area (TPSA) is 70.1 Å². The summed E-state index contributed by atoms with van der Waals surface area (Å²) in [5.41, 5.74) is 3.50. The molecule has 1 saturated carbocycles. The lowest BCUT2D eigenvalue weighted by molar-refractivity contribution is 0.0522. The van der Waals surface area contributed by atoms with E-state index in [9.17, 15) is 9.59 Å². The number of rotatable bonds is 3. The molecule has 0 saturated heterocycles. The van der Waals surface area contributed by atoms with Crippen molar-refractivity contribution in [2.24, 2.45) is 0 Å². The Morgan fingerprint density at radius 2 is 1.60 bits per heavy atom. The zero-order valence-electron chi connectivity index (χ0n) is 17.1. The van der Waals surface area contributed by atoms with Crippen LogP contribution in [0.5, 0.6) is 0 Å². The van der Waals surface area contributed by atoms with Crippen LogP contribution in [0.1, 0.15) is 59.9 Å². The van der Waals surface area contributed by atoms with E-state index in [1.54, 1.807) is 4.68 Å². The van der Waals surface area contributed by atoms with Crippen LogP contribution in [0, 0.1) is 6.92 Å². The molecule has 1 aromatic heterocycles. The van der Waals surface area contributed by atoms with Gasteiger partial charge >= 0.3 is 0 Å². The van der Waals surface area contributed by atoms with E-state index in [0.717, 1.165) is 42.8 Å². The largest absolute Gasteiger partial charge is 0.360 e. The highest BCUT2D eigenvalue weighted by Gasteiger charge is 2.40. The second-order valence-electron chi connectivity index (χ2n) is 8.22. The first-order valence-electron chi connectivity index (χ1n) is 10.7. The molecule has 0 spiro atoms. The number of hydrogen-bond acceptors (Lipinski definition) is 3. The number of aromatic amines is 1. The molecule has 6 heteroatoms. The Morgan fingerprint density at radius 1 is 0.900 bits per heavy atom. The number of aryl methyl sites for hydroxylation is 1. The minimum absolute atomic E-state index is 0.00695. The van der Waals surface area contributed by atoms with E-state index >= 15 is 0 Å². The maximum absolute atomic E-state index is 13.6. The molecule has 1 fully saturated rings. The molecule has 0 bridgehead atoms. The first-order valence-corrected chi connectivity index (χ1v) is 10.7. The highest BCUT2D eigenvalue weighted by Crippen LogP contribution is 2.37. The number of benzene rings is 2. The zero-order chi connectivity index (χ0) is 20.7. The minimum atomic E-state index is -0.482. The lowest BCUT2D eigenvalue weighted by Gasteiger charge is -2.43. The summed E-state index contributed by atoms with van der Waals surface area (Å²) in [6.45, 7) is 1.90. The van der Waals surface area contributed by atoms with Gasteiger partial charge in [0.1, 0.15) is 6.17 Å². The van der Waals surface area contributed by atoms with Crippen molar-refractivity contribution >= 4 is 11.6 Å². The van der Waals surface area contributed by atoms with Crippen LogP contribution in [0.3, 0.4) is 0 Å². The molecule has 5 rings (SSSR count). The Labute approximate surface area is 175 Å². The number of carbonyl (C=O) groups excluding carboxylic acids is 1. The fourth-order valence-corrected chi connectivity index (χ4v) is 4.86. The number of carbonyl (C=O) groups is 1. The van der Waals surface area contributed by atoms with Crippen molar-refractivity contribution in [3.8, 4) is 5.69 Å². The summed E-state index contributed by atoms with van der Waals surface area (Å²) in [6, 6.07) is 17.3. The summed E-state index contributed by atoms with van der Waals surface area (Å²) in [4.78, 5) is 29.0. The monoisotopic (exact) mass is 402 g/mol. The van der Waals surface area contributed by atoms with Crippen molar-refractivity contribution in [2.75, 3.05) is 5.32 Å². The number of para-hydroxylation sites is 2. The molecule has 1 atom stereocenters. The summed E-state index contributed by atoms with van der Waals surface area (Å²) >= 11 is 0. The summed E-state index contributed by atoms with van der Waals surface area (Å²) in [5, 5.41) is 6.72. The van der Waals surface area contributed by atoms with Gasteiger partial charge in [0.25, 0.3) is 11.5 Å². The van der Waals surface area contributed by atoms with Crippen molar-refractivity contribution in [1.29, 1.82) is 0 Å². The first kappa shape index (κ1) is 18.7. The molecular formula is C24H26N4O2. The highest BCUT2D eigenvalue weighted by molar-refractivity contribution is 6.02. The van der Waals surface area contributed by atoms with Crippen LogP contribution in [-0.2, 0) is 0 Å². The fourth-order valence-electron chi connectivity index (χ4n) is 4.86. The molecule has 2 N–H and O–H groups in total. The molecule has 2 heterocycles. The van der Waals surface area contributed by atoms with Gasteiger partial charge in [-0.1, -0.05) is 49.6 Å². The number of nitrogens with zero attached hydrogens (tertiary/aromatic N) is 2. The van der Waals surface area contributed by atoms with Crippen LogP contribution in [0.15, 0.2) is 59.4 Å². The van der Waals surface area contributed by atoms with Crippen molar-refractivity contribution in [2.45, 2.75) is 51.2 Å². The number of fused-ring (bicyclic) bond motifs is 1. The summed E-state index contributed by atoms with van der Waals surface area (Å²) in [5.74, 6) is 0.00695. The zero-order valence-corrected chi connectivity index (χ0v) is 17.1. The van der Waals surface area contributed by atoms with Crippen LogP contribution >= 0.6 is 0 Å². The van der Waals surface area contributed by atoms with Gasteiger partial charge in [0.2, 0.25) is 0 Å². The normalized spacial score (nSPS) is 19.4. The molecule has 30 heavy (non-hydrogen) atoms. The second-order valence-corrected chi connectivity index (χ2v) is 8.22. The Morgan fingerprint density at radius 3 is 2.37 bits per heavy atom. The van der Waals surface area contributed by atoms with E-state index in [-0.39, 0.29) is 17.5 Å². The molecule has 0 unspecified atom stereocenters. The third kappa shape index (κ3) is 3.03. The van der Waals surface area contributed by atoms with Gasteiger partial charge in [-0.15, -0.1) is 0 Å². The fraction of sp³-hybridized carbons (Fsp3) is 0.333. The standard InChI is InChI=1S/C24H26N4O2/c1-16-21(24(30)28(26-16)18-12-6-3-7-13-18)22-25-20-15-9-8-14-19(20)23(29)27(22)17-10-4-2-5-11-17/h3,6-9,12-15,17,22,25-26H,2,4-5,10-11H2,1H3/t22-/m0/s1. The van der Waals surface area contributed by atoms with Gasteiger partial charge in [-0.3, -0.25) is 14.7 Å². The van der Waals surface area contributed by atoms with Gasteiger partial charge in [-0.25, -0.2) is 4.68 Å². The smallest absolute Gasteiger partial charge is 0.278 e. The Hall–Kier alpha value is -3.28. The van der Waals surface area contributed by atoms with Crippen molar-refractivity contribution in [1.82, 2.24) is 14.7 Å². The third-order valence-corrected chi connectivity index (χ3v) is 6.34. The van der Waals surface area contributed by atoms with Crippen LogP contribution in [0.25, 0.3) is 5.69 Å². The molecular weight excluding hydrogens is 376 g/mol. The first-order chi connectivity index (χ1) is 14.6. The number of hydrogen-bond donors (Lipinski definition) is 2. The predicted octanol–water partition coefficient (Wildman–Crippen LogP) is 4.37. The van der Waals surface area contributed by atoms with Crippen LogP contribution in [0.2, 0.25) is 0 Å². The number of amides is 1. The van der Waals surface area contributed by atoms with Gasteiger partial charge in [-0.2, -0.15) is 0 Å². The quantitative estimate of drug-likeness (QED) is 0.683. The Balaban J connectivity index is 1.64. The van der Waals surface area contributed by atoms with E-state index in [1.165, 1.54) is 6.42 Å². The minimum Gasteiger partial charge on any atom is -0.360 e. The molecule has 2 aliphatic rings. The van der Waals surface area contributed by atoms with Crippen molar-refractivity contribution in [3.05, 3.63) is 81.8 Å². The van der Waals surface area contributed by atoms with Crippen molar-refractivity contribution in [3.63, 3.8) is 0 Å². The predicted molar refractivity (Wildman–Crippen MR) is 117 cm³/mol. The molecule has 3 aromatic rings. The van der Waals surface area contributed by atoms with Crippen LogP contribution in [0.4, 0.5) is 5.69 Å². The molecule has 1 aliphatic carbocycles. The van der Waals surface area contributed by atoms with Crippen LogP contribution in [-0.4, -0.2) is 26.6 Å². The SMILES string of the molecule is Cc1[nH]n(-c2ccccc2)c(=O)c1[C@H]1Nc2ccccc2C(=O)N1C1CCCCC1. The summed E-state index contributed by atoms with van der Waals surface area (Å²) in [6.07, 6.45) is 4.90. The van der Waals surface area contributed by atoms with Gasteiger partial charge in [0.15, 0.2) is 0 Å². The molecule has 1 amide bonds. The number of H-pyrrole nitrogens is 1. The summed E-state index contributed by atoms with van der Waals surface area (Å²) < 4.78 is 1.57. The maximum atomic E-state index is 13.6. The second kappa shape index (κ2) is 7.52. The molecule has 154 valence electrons. The maximum Gasteiger partial charge on any atom is 0.278 e. The molecule has 1 aliphatic heterocycles. The molecule has 0 radical (unpaired) electrons. The van der Waals surface area contributed by atoms with Gasteiger partial charge in [0.05, 0.1) is 16.8 Å². The third-order valence-electron chi connectivity index (χ3n) is 6.34. The van der Waals surface area contributed by atoms with E-state index in [0.29, 0.717) is 11.1 Å². The average Bonchev–Trinajstić information content (AvgIpc) is 3.08. The average molecular weight is 402 g/mol. The van der Waals surface area contributed by atoms with E-state index in [4.69, 9.17) is 0 Å². The van der Waals surface area contributed by atoms with E-state index < -0.39 is 6.17 Å². The van der Waals surface area contributed by atoms with Gasteiger partial charge in [0, 0.05) is 17.4 Å². The Kier molecular flexibility index (Phi) is 4.69. The highest BCUT2D eigenvalue weighted by atomic mass is 16.2. The molecule has 2 aromatic carbocycles. The lowest BCUT2D eigenvalue weighted by Crippen LogP contribution is -2.50. The number of anilines is 1. The van der Waals surface area contributed by atoms with Gasteiger partial charge in [-0.05, 0) is 44.0 Å². The lowest BCUT2D eigenvalue weighted by atomic mass is 9.91. The van der Waals surface area contributed by atoms with Crippen molar-refractivity contribution < 1.29 is 4.79 Å². The van der Waals surface area contributed by atoms with E-state index in [1.807, 2.05) is 66.4 Å². The summed E-state index contributed by atoms with van der Waals surface area (Å²) in [7, 11) is 0. The van der Waals surface area contributed by atoms with E-state index in [2.05, 4.69) is 10.4 Å². The molecule has 6 nitrogen and oxygen atoms in total.